The average Bonchev–Trinajstić information content (AvgIpc) is 2.87. The summed E-state index contributed by atoms with van der Waals surface area (Å²) in [6.07, 6.45) is 5.62. The van der Waals surface area contributed by atoms with Crippen LogP contribution in [-0.4, -0.2) is 27.6 Å². The highest BCUT2D eigenvalue weighted by atomic mass is 16.6. The Balaban J connectivity index is 2.25. The van der Waals surface area contributed by atoms with Gasteiger partial charge in [0.15, 0.2) is 0 Å². The van der Waals surface area contributed by atoms with Crippen LogP contribution in [0.1, 0.15) is 68.9 Å². The fourth-order valence-corrected chi connectivity index (χ4v) is 2.88. The van der Waals surface area contributed by atoms with Crippen LogP contribution in [0.25, 0.3) is 0 Å². The van der Waals surface area contributed by atoms with E-state index in [1.54, 1.807) is 33.0 Å². The number of rotatable bonds is 3. The lowest BCUT2D eigenvalue weighted by molar-refractivity contribution is -0.145. The van der Waals surface area contributed by atoms with Gasteiger partial charge in [-0.1, -0.05) is 19.3 Å². The van der Waals surface area contributed by atoms with Crippen molar-refractivity contribution in [2.45, 2.75) is 63.9 Å². The number of carboxylic acid groups (broad SMARTS) is 1. The maximum atomic E-state index is 12.0. The molecule has 5 nitrogen and oxygen atoms in total. The Bertz CT molecular complexity index is 533. The van der Waals surface area contributed by atoms with Gasteiger partial charge in [0.2, 0.25) is 0 Å². The number of hydrogen-bond acceptors (Lipinski definition) is 3. The number of carbonyl (C=O) groups excluding carboxylic acids is 1. The molecule has 1 aromatic rings. The summed E-state index contributed by atoms with van der Waals surface area (Å²) in [7, 11) is 0. The fourth-order valence-electron chi connectivity index (χ4n) is 2.88. The Morgan fingerprint density at radius 2 is 1.86 bits per heavy atom. The molecule has 0 radical (unpaired) electrons. The number of carbonyl (C=O) groups is 2. The van der Waals surface area contributed by atoms with Crippen LogP contribution in [0, 0.1) is 0 Å². The average molecular weight is 293 g/mol. The minimum absolute atomic E-state index is 0.381. The molecule has 1 aliphatic carbocycles. The predicted molar refractivity (Wildman–Crippen MR) is 78.4 cm³/mol. The Morgan fingerprint density at radius 3 is 2.38 bits per heavy atom. The summed E-state index contributed by atoms with van der Waals surface area (Å²) in [5.41, 5.74) is -0.468. The Labute approximate surface area is 124 Å². The van der Waals surface area contributed by atoms with Crippen molar-refractivity contribution in [3.05, 3.63) is 23.5 Å². The monoisotopic (exact) mass is 293 g/mol. The predicted octanol–water partition coefficient (Wildman–Crippen LogP) is 3.26. The standard InChI is InChI=1S/C16H23NO4/c1-15(2,3)21-13(18)11-9-12(17-10-11)16(14(19)20)7-5-4-6-8-16/h9-10,17H,4-8H2,1-3H3,(H,19,20). The third kappa shape index (κ3) is 3.28. The van der Waals surface area contributed by atoms with Crippen molar-refractivity contribution in [3.63, 3.8) is 0 Å². The maximum Gasteiger partial charge on any atom is 0.340 e. The first-order valence-electron chi connectivity index (χ1n) is 7.40. The first-order valence-corrected chi connectivity index (χ1v) is 7.40. The largest absolute Gasteiger partial charge is 0.481 e. The van der Waals surface area contributed by atoms with Crippen LogP contribution < -0.4 is 0 Å². The number of ether oxygens (including phenoxy) is 1. The summed E-state index contributed by atoms with van der Waals surface area (Å²) in [6.45, 7) is 5.41. The molecule has 116 valence electrons. The van der Waals surface area contributed by atoms with E-state index in [4.69, 9.17) is 4.74 Å². The van der Waals surface area contributed by atoms with Crippen LogP contribution in [-0.2, 0) is 14.9 Å². The summed E-state index contributed by atoms with van der Waals surface area (Å²) in [4.78, 5) is 26.8. The van der Waals surface area contributed by atoms with E-state index in [0.717, 1.165) is 19.3 Å². The molecule has 5 heteroatoms. The zero-order valence-corrected chi connectivity index (χ0v) is 12.9. The van der Waals surface area contributed by atoms with Crippen LogP contribution in [0.15, 0.2) is 12.3 Å². The molecule has 0 bridgehead atoms. The Kier molecular flexibility index (Phi) is 4.12. The second-order valence-electron chi connectivity index (χ2n) is 6.75. The van der Waals surface area contributed by atoms with E-state index in [2.05, 4.69) is 4.98 Å². The molecule has 0 atom stereocenters. The third-order valence-corrected chi connectivity index (χ3v) is 3.95. The van der Waals surface area contributed by atoms with Crippen LogP contribution in [0.2, 0.25) is 0 Å². The lowest BCUT2D eigenvalue weighted by Gasteiger charge is -2.32. The molecule has 0 aliphatic heterocycles. The highest BCUT2D eigenvalue weighted by Gasteiger charge is 2.42. The minimum atomic E-state index is -0.890. The SMILES string of the molecule is CC(C)(C)OC(=O)c1c[nH]c(C2(C(=O)O)CCCCC2)c1. The van der Waals surface area contributed by atoms with Gasteiger partial charge in [0.1, 0.15) is 11.0 Å². The zero-order chi connectivity index (χ0) is 15.7. The minimum Gasteiger partial charge on any atom is -0.481 e. The van der Waals surface area contributed by atoms with E-state index < -0.39 is 23.0 Å². The second kappa shape index (κ2) is 5.54. The van der Waals surface area contributed by atoms with E-state index in [9.17, 15) is 14.7 Å². The van der Waals surface area contributed by atoms with Crippen molar-refractivity contribution in [2.24, 2.45) is 0 Å². The number of aromatic nitrogens is 1. The Hall–Kier alpha value is -1.78. The van der Waals surface area contributed by atoms with Crippen molar-refractivity contribution in [3.8, 4) is 0 Å². The van der Waals surface area contributed by atoms with Crippen molar-refractivity contribution in [1.82, 2.24) is 4.98 Å². The number of carboxylic acids is 1. The second-order valence-corrected chi connectivity index (χ2v) is 6.75. The molecule has 0 unspecified atom stereocenters. The molecule has 0 amide bonds. The van der Waals surface area contributed by atoms with E-state index in [0.29, 0.717) is 24.1 Å². The molecule has 1 saturated carbocycles. The molecule has 0 saturated heterocycles. The zero-order valence-electron chi connectivity index (χ0n) is 12.9. The molecule has 0 spiro atoms. The van der Waals surface area contributed by atoms with Gasteiger partial charge in [-0.25, -0.2) is 4.79 Å². The molecule has 1 aromatic heterocycles. The third-order valence-electron chi connectivity index (χ3n) is 3.95. The quantitative estimate of drug-likeness (QED) is 0.838. The summed E-state index contributed by atoms with van der Waals surface area (Å²) in [5, 5.41) is 9.64. The number of hydrogen-bond donors (Lipinski definition) is 2. The summed E-state index contributed by atoms with van der Waals surface area (Å²) in [6, 6.07) is 1.63. The summed E-state index contributed by atoms with van der Waals surface area (Å²) >= 11 is 0. The molecule has 1 heterocycles. The lowest BCUT2D eigenvalue weighted by atomic mass is 9.72. The molecule has 2 rings (SSSR count). The van der Waals surface area contributed by atoms with E-state index in [-0.39, 0.29) is 0 Å². The topological polar surface area (TPSA) is 79.4 Å². The summed E-state index contributed by atoms with van der Waals surface area (Å²) in [5.74, 6) is -1.25. The van der Waals surface area contributed by atoms with Gasteiger partial charge >= 0.3 is 11.9 Å². The molecular formula is C16H23NO4. The van der Waals surface area contributed by atoms with Gasteiger partial charge in [0.25, 0.3) is 0 Å². The number of nitrogens with one attached hydrogen (secondary N) is 1. The number of aliphatic carboxylic acids is 1. The highest BCUT2D eigenvalue weighted by molar-refractivity contribution is 5.90. The molecule has 0 aromatic carbocycles. The maximum absolute atomic E-state index is 12.0. The van der Waals surface area contributed by atoms with Crippen molar-refractivity contribution in [1.29, 1.82) is 0 Å². The normalized spacial score (nSPS) is 18.2. The number of aromatic amines is 1. The van der Waals surface area contributed by atoms with Gasteiger partial charge < -0.3 is 14.8 Å². The summed E-state index contributed by atoms with van der Waals surface area (Å²) < 4.78 is 5.31. The van der Waals surface area contributed by atoms with Gasteiger partial charge in [0, 0.05) is 11.9 Å². The van der Waals surface area contributed by atoms with Gasteiger partial charge in [-0.15, -0.1) is 0 Å². The molecular weight excluding hydrogens is 270 g/mol. The molecule has 21 heavy (non-hydrogen) atoms. The van der Waals surface area contributed by atoms with Crippen LogP contribution in [0.4, 0.5) is 0 Å². The van der Waals surface area contributed by atoms with E-state index in [1.165, 1.54) is 0 Å². The van der Waals surface area contributed by atoms with Gasteiger partial charge in [0.05, 0.1) is 5.56 Å². The van der Waals surface area contributed by atoms with Crippen molar-refractivity contribution in [2.75, 3.05) is 0 Å². The van der Waals surface area contributed by atoms with Crippen LogP contribution >= 0.6 is 0 Å². The molecule has 2 N–H and O–H groups in total. The number of H-pyrrole nitrogens is 1. The smallest absolute Gasteiger partial charge is 0.340 e. The van der Waals surface area contributed by atoms with E-state index >= 15 is 0 Å². The highest BCUT2D eigenvalue weighted by Crippen LogP contribution is 2.39. The fraction of sp³-hybridized carbons (Fsp3) is 0.625. The lowest BCUT2D eigenvalue weighted by Crippen LogP contribution is -2.38. The van der Waals surface area contributed by atoms with Gasteiger partial charge in [-0.3, -0.25) is 4.79 Å². The molecule has 1 fully saturated rings. The number of esters is 1. The Morgan fingerprint density at radius 1 is 1.24 bits per heavy atom. The van der Waals surface area contributed by atoms with Gasteiger partial charge in [-0.2, -0.15) is 0 Å². The first kappa shape index (κ1) is 15.6. The van der Waals surface area contributed by atoms with Gasteiger partial charge in [-0.05, 0) is 39.7 Å². The van der Waals surface area contributed by atoms with Crippen molar-refractivity contribution >= 4 is 11.9 Å². The van der Waals surface area contributed by atoms with E-state index in [1.807, 2.05) is 0 Å². The molecule has 1 aliphatic rings. The van der Waals surface area contributed by atoms with Crippen LogP contribution in [0.3, 0.4) is 0 Å². The first-order chi connectivity index (χ1) is 9.74. The van der Waals surface area contributed by atoms with Crippen molar-refractivity contribution < 1.29 is 19.4 Å². The van der Waals surface area contributed by atoms with Crippen LogP contribution in [0.5, 0.6) is 0 Å².